The number of alkyl halides is 1. The van der Waals surface area contributed by atoms with Gasteiger partial charge in [0.15, 0.2) is 5.78 Å². The summed E-state index contributed by atoms with van der Waals surface area (Å²) >= 11 is 5.07. The smallest absolute Gasteiger partial charge is 0.179 e. The third-order valence-electron chi connectivity index (χ3n) is 2.80. The Labute approximate surface area is 113 Å². The number of hydrogen-bond acceptors (Lipinski definition) is 3. The summed E-state index contributed by atoms with van der Waals surface area (Å²) in [5.74, 6) is 0.167. The van der Waals surface area contributed by atoms with Gasteiger partial charge in [-0.15, -0.1) is 11.3 Å². The fraction of sp³-hybridized carbons (Fsp3) is 0.308. The minimum Gasteiger partial charge on any atom is -0.310 e. The number of hydrogen-bond donors (Lipinski definition) is 1. The molecule has 2 nitrogen and oxygen atoms in total. The molecule has 0 aliphatic heterocycles. The lowest BCUT2D eigenvalue weighted by Crippen LogP contribution is -2.34. The largest absolute Gasteiger partial charge is 0.310 e. The molecule has 1 N–H and O–H groups in total. The normalized spacial score (nSPS) is 12.8. The molecule has 90 valence electrons. The van der Waals surface area contributed by atoms with Crippen LogP contribution in [-0.2, 0) is 0 Å². The molecule has 4 heteroatoms. The van der Waals surface area contributed by atoms with E-state index in [1.165, 1.54) is 4.70 Å². The maximum atomic E-state index is 12.3. The van der Waals surface area contributed by atoms with Crippen LogP contribution in [0.3, 0.4) is 0 Å². The average Bonchev–Trinajstić information content (AvgIpc) is 2.82. The summed E-state index contributed by atoms with van der Waals surface area (Å²) in [5, 5.41) is 7.09. The van der Waals surface area contributed by atoms with Crippen LogP contribution in [0.2, 0.25) is 0 Å². The summed E-state index contributed by atoms with van der Waals surface area (Å²) in [6.45, 7) is 0. The van der Waals surface area contributed by atoms with Crippen LogP contribution in [0, 0.1) is 0 Å². The summed E-state index contributed by atoms with van der Waals surface area (Å²) in [7, 11) is 1.83. The van der Waals surface area contributed by atoms with Crippen molar-refractivity contribution in [2.75, 3.05) is 12.4 Å². The molecule has 0 saturated heterocycles. The van der Waals surface area contributed by atoms with Crippen LogP contribution >= 0.6 is 27.3 Å². The quantitative estimate of drug-likeness (QED) is 0.677. The maximum Gasteiger partial charge on any atom is 0.179 e. The zero-order valence-corrected chi connectivity index (χ0v) is 12.0. The number of carbonyl (C=O) groups excluding carboxylic acids is 1. The van der Waals surface area contributed by atoms with Crippen LogP contribution in [0.5, 0.6) is 0 Å². The van der Waals surface area contributed by atoms with Crippen molar-refractivity contribution in [2.45, 2.75) is 12.5 Å². The zero-order chi connectivity index (χ0) is 12.3. The molecule has 1 aromatic heterocycles. The predicted molar refractivity (Wildman–Crippen MR) is 77.4 cm³/mol. The second kappa shape index (κ2) is 5.76. The number of likely N-dealkylation sites (N-methyl/N-ethyl adjacent to an activating group) is 1. The van der Waals surface area contributed by atoms with Gasteiger partial charge in [0, 0.05) is 15.6 Å². The standard InChI is InChI=1S/C13H14BrNOS/c1-15-11(4-6-14)13(16)10-2-3-12-9(8-10)5-7-17-12/h2-3,5,7-8,11,15H,4,6H2,1H3. The maximum absolute atomic E-state index is 12.3. The molecule has 0 amide bonds. The van der Waals surface area contributed by atoms with E-state index in [0.29, 0.717) is 0 Å². The number of benzene rings is 1. The SMILES string of the molecule is CNC(CCBr)C(=O)c1ccc2sccc2c1. The molecule has 0 radical (unpaired) electrons. The molecule has 0 aliphatic carbocycles. The molecule has 0 fully saturated rings. The molecule has 0 spiro atoms. The number of thiophene rings is 1. The summed E-state index contributed by atoms with van der Waals surface area (Å²) in [6.07, 6.45) is 0.803. The minimum absolute atomic E-state index is 0.106. The Kier molecular flexibility index (Phi) is 4.31. The van der Waals surface area contributed by atoms with Crippen molar-refractivity contribution < 1.29 is 4.79 Å². The third kappa shape index (κ3) is 2.76. The lowest BCUT2D eigenvalue weighted by molar-refractivity contribution is 0.0946. The monoisotopic (exact) mass is 311 g/mol. The van der Waals surface area contributed by atoms with Gasteiger partial charge in [-0.25, -0.2) is 0 Å². The van der Waals surface area contributed by atoms with E-state index in [1.807, 2.05) is 30.6 Å². The Morgan fingerprint density at radius 3 is 3.00 bits per heavy atom. The third-order valence-corrected chi connectivity index (χ3v) is 4.16. The van der Waals surface area contributed by atoms with E-state index in [2.05, 4.69) is 27.3 Å². The Morgan fingerprint density at radius 1 is 1.47 bits per heavy atom. The van der Waals surface area contributed by atoms with Crippen LogP contribution in [0.4, 0.5) is 0 Å². The van der Waals surface area contributed by atoms with Gasteiger partial charge < -0.3 is 5.32 Å². The van der Waals surface area contributed by atoms with Crippen molar-refractivity contribution in [1.82, 2.24) is 5.32 Å². The second-order valence-electron chi connectivity index (χ2n) is 3.86. The number of nitrogens with one attached hydrogen (secondary N) is 1. The molecule has 1 heterocycles. The van der Waals surface area contributed by atoms with Crippen molar-refractivity contribution in [3.8, 4) is 0 Å². The highest BCUT2D eigenvalue weighted by atomic mass is 79.9. The van der Waals surface area contributed by atoms with Gasteiger partial charge in [-0.2, -0.15) is 0 Å². The molecule has 1 unspecified atom stereocenters. The van der Waals surface area contributed by atoms with Gasteiger partial charge in [-0.05, 0) is 48.5 Å². The van der Waals surface area contributed by atoms with Gasteiger partial charge in [0.05, 0.1) is 6.04 Å². The highest BCUT2D eigenvalue weighted by Crippen LogP contribution is 2.22. The van der Waals surface area contributed by atoms with Crippen LogP contribution in [0.15, 0.2) is 29.6 Å². The summed E-state index contributed by atoms with van der Waals surface area (Å²) in [6, 6.07) is 7.86. The van der Waals surface area contributed by atoms with Crippen LogP contribution in [-0.4, -0.2) is 24.2 Å². The molecular weight excluding hydrogens is 298 g/mol. The van der Waals surface area contributed by atoms with Crippen molar-refractivity contribution in [3.63, 3.8) is 0 Å². The Balaban J connectivity index is 2.28. The van der Waals surface area contributed by atoms with E-state index in [4.69, 9.17) is 0 Å². The molecule has 17 heavy (non-hydrogen) atoms. The van der Waals surface area contributed by atoms with Gasteiger partial charge in [0.1, 0.15) is 0 Å². The average molecular weight is 312 g/mol. The van der Waals surface area contributed by atoms with E-state index in [0.717, 1.165) is 22.7 Å². The van der Waals surface area contributed by atoms with Crippen molar-refractivity contribution >= 4 is 43.1 Å². The lowest BCUT2D eigenvalue weighted by Gasteiger charge is -2.13. The Morgan fingerprint density at radius 2 is 2.29 bits per heavy atom. The summed E-state index contributed by atoms with van der Waals surface area (Å²) < 4.78 is 1.23. The first-order chi connectivity index (χ1) is 8.26. The number of Topliss-reactive ketones (excluding diaryl/α,β-unsaturated/α-hetero) is 1. The van der Waals surface area contributed by atoms with E-state index in [1.54, 1.807) is 11.3 Å². The summed E-state index contributed by atoms with van der Waals surface area (Å²) in [4.78, 5) is 12.3. The fourth-order valence-corrected chi connectivity index (χ4v) is 3.07. The topological polar surface area (TPSA) is 29.1 Å². The van der Waals surface area contributed by atoms with Crippen LogP contribution in [0.25, 0.3) is 10.1 Å². The first kappa shape index (κ1) is 12.7. The molecule has 0 bridgehead atoms. The predicted octanol–water partition coefficient (Wildman–Crippen LogP) is 3.46. The highest BCUT2D eigenvalue weighted by molar-refractivity contribution is 9.09. The van der Waals surface area contributed by atoms with Gasteiger partial charge in [-0.3, -0.25) is 4.79 Å². The molecule has 0 saturated carbocycles. The number of halogens is 1. The van der Waals surface area contributed by atoms with Crippen LogP contribution < -0.4 is 5.32 Å². The fourth-order valence-electron chi connectivity index (χ4n) is 1.84. The minimum atomic E-state index is -0.106. The van der Waals surface area contributed by atoms with Crippen molar-refractivity contribution in [2.24, 2.45) is 0 Å². The first-order valence-corrected chi connectivity index (χ1v) is 7.51. The molecule has 1 aromatic carbocycles. The van der Waals surface area contributed by atoms with Crippen LogP contribution in [0.1, 0.15) is 16.8 Å². The van der Waals surface area contributed by atoms with E-state index < -0.39 is 0 Å². The number of fused-ring (bicyclic) bond motifs is 1. The molecule has 0 aliphatic rings. The molecule has 2 rings (SSSR count). The Hall–Kier alpha value is -0.710. The Bertz CT molecular complexity index is 523. The number of carbonyl (C=O) groups is 1. The zero-order valence-electron chi connectivity index (χ0n) is 9.57. The van der Waals surface area contributed by atoms with Gasteiger partial charge >= 0.3 is 0 Å². The summed E-state index contributed by atoms with van der Waals surface area (Å²) in [5.41, 5.74) is 0.788. The van der Waals surface area contributed by atoms with E-state index >= 15 is 0 Å². The molecular formula is C13H14BrNOS. The number of rotatable bonds is 5. The molecule has 2 aromatic rings. The van der Waals surface area contributed by atoms with Gasteiger partial charge in [0.2, 0.25) is 0 Å². The second-order valence-corrected chi connectivity index (χ2v) is 5.60. The van der Waals surface area contributed by atoms with E-state index in [9.17, 15) is 4.79 Å². The van der Waals surface area contributed by atoms with Crippen molar-refractivity contribution in [1.29, 1.82) is 0 Å². The molecule has 1 atom stereocenters. The van der Waals surface area contributed by atoms with Gasteiger partial charge in [0.25, 0.3) is 0 Å². The number of ketones is 1. The van der Waals surface area contributed by atoms with E-state index in [-0.39, 0.29) is 11.8 Å². The van der Waals surface area contributed by atoms with Crippen molar-refractivity contribution in [3.05, 3.63) is 35.2 Å². The first-order valence-electron chi connectivity index (χ1n) is 5.51. The lowest BCUT2D eigenvalue weighted by atomic mass is 10.0. The van der Waals surface area contributed by atoms with Gasteiger partial charge in [-0.1, -0.05) is 15.9 Å². The highest BCUT2D eigenvalue weighted by Gasteiger charge is 2.17.